The van der Waals surface area contributed by atoms with Crippen LogP contribution in [-0.2, 0) is 4.74 Å². The summed E-state index contributed by atoms with van der Waals surface area (Å²) in [6.07, 6.45) is 3.98. The van der Waals surface area contributed by atoms with E-state index in [2.05, 4.69) is 6.07 Å². The molecule has 0 aliphatic carbocycles. The number of para-hydroxylation sites is 2. The van der Waals surface area contributed by atoms with E-state index in [1.807, 2.05) is 89.3 Å². The molecular weight excluding hydrogens is 410 g/mol. The Kier molecular flexibility index (Phi) is 5.18. The zero-order valence-corrected chi connectivity index (χ0v) is 17.9. The molecule has 0 fully saturated rings. The fourth-order valence-corrected chi connectivity index (χ4v) is 3.97. The quantitative estimate of drug-likeness (QED) is 0.330. The standard InChI is InChI=1S/C28H19N3O2/c1-33-28(32)21-14-11-19(12-15-21)13-16-22-17-23(20-7-3-2-4-8-20)24(18-29)27-30-25-9-5-6-10-26(25)31(22)27/h2-17H,1H3. The molecule has 0 radical (unpaired) electrons. The SMILES string of the molecule is COC(=O)c1ccc(C=Cc2cc(-c3ccccc3)c(C#N)c3nc4ccccc4n23)cc1. The van der Waals surface area contributed by atoms with Crippen LogP contribution in [0.2, 0.25) is 0 Å². The first kappa shape index (κ1) is 20.2. The highest BCUT2D eigenvalue weighted by atomic mass is 16.5. The number of rotatable bonds is 4. The van der Waals surface area contributed by atoms with E-state index >= 15 is 0 Å². The molecule has 33 heavy (non-hydrogen) atoms. The lowest BCUT2D eigenvalue weighted by atomic mass is 10.00. The molecule has 0 aliphatic rings. The van der Waals surface area contributed by atoms with Crippen molar-refractivity contribution in [3.63, 3.8) is 0 Å². The summed E-state index contributed by atoms with van der Waals surface area (Å²) in [5.41, 5.74) is 7.06. The highest BCUT2D eigenvalue weighted by Gasteiger charge is 2.17. The van der Waals surface area contributed by atoms with Crippen LogP contribution in [0.1, 0.15) is 27.2 Å². The van der Waals surface area contributed by atoms with Gasteiger partial charge in [0.2, 0.25) is 0 Å². The van der Waals surface area contributed by atoms with Crippen LogP contribution < -0.4 is 0 Å². The van der Waals surface area contributed by atoms with Crippen LogP contribution in [0.4, 0.5) is 0 Å². The van der Waals surface area contributed by atoms with Gasteiger partial charge in [-0.25, -0.2) is 9.78 Å². The van der Waals surface area contributed by atoms with Crippen molar-refractivity contribution in [3.05, 3.63) is 107 Å². The van der Waals surface area contributed by atoms with Gasteiger partial charge in [-0.2, -0.15) is 5.26 Å². The molecule has 3 aromatic carbocycles. The molecule has 0 spiro atoms. The molecule has 0 aliphatic heterocycles. The lowest BCUT2D eigenvalue weighted by molar-refractivity contribution is 0.0600. The van der Waals surface area contributed by atoms with Gasteiger partial charge in [0, 0.05) is 11.3 Å². The molecule has 2 heterocycles. The topological polar surface area (TPSA) is 67.4 Å². The fraction of sp³-hybridized carbons (Fsp3) is 0.0357. The van der Waals surface area contributed by atoms with E-state index in [1.54, 1.807) is 12.1 Å². The van der Waals surface area contributed by atoms with E-state index in [-0.39, 0.29) is 5.97 Å². The lowest BCUT2D eigenvalue weighted by Crippen LogP contribution is -2.00. The van der Waals surface area contributed by atoms with Crippen LogP contribution >= 0.6 is 0 Å². The van der Waals surface area contributed by atoms with Crippen LogP contribution in [0, 0.1) is 11.3 Å². The van der Waals surface area contributed by atoms with Crippen molar-refractivity contribution in [2.75, 3.05) is 7.11 Å². The number of imidazole rings is 1. The maximum Gasteiger partial charge on any atom is 0.337 e. The van der Waals surface area contributed by atoms with E-state index in [0.29, 0.717) is 16.8 Å². The largest absolute Gasteiger partial charge is 0.465 e. The van der Waals surface area contributed by atoms with Crippen molar-refractivity contribution in [3.8, 4) is 17.2 Å². The van der Waals surface area contributed by atoms with Crippen LogP contribution in [0.5, 0.6) is 0 Å². The number of nitriles is 1. The zero-order valence-electron chi connectivity index (χ0n) is 17.9. The van der Waals surface area contributed by atoms with E-state index in [0.717, 1.165) is 33.4 Å². The molecule has 158 valence electrons. The third kappa shape index (κ3) is 3.64. The average Bonchev–Trinajstić information content (AvgIpc) is 3.27. The number of nitrogens with zero attached hydrogens (tertiary/aromatic N) is 3. The van der Waals surface area contributed by atoms with Gasteiger partial charge in [0.25, 0.3) is 0 Å². The number of carbonyl (C=O) groups excluding carboxylic acids is 1. The summed E-state index contributed by atoms with van der Waals surface area (Å²) in [7, 11) is 1.37. The molecule has 5 rings (SSSR count). The van der Waals surface area contributed by atoms with Gasteiger partial charge < -0.3 is 4.74 Å². The molecule has 0 unspecified atom stereocenters. The number of hydrogen-bond donors (Lipinski definition) is 0. The summed E-state index contributed by atoms with van der Waals surface area (Å²) in [4.78, 5) is 16.5. The second-order valence-corrected chi connectivity index (χ2v) is 7.54. The van der Waals surface area contributed by atoms with Crippen molar-refractivity contribution in [1.29, 1.82) is 5.26 Å². The molecular formula is C28H19N3O2. The summed E-state index contributed by atoms with van der Waals surface area (Å²) in [6.45, 7) is 0. The fourth-order valence-electron chi connectivity index (χ4n) is 3.97. The Labute approximate surface area is 190 Å². The molecule has 0 N–H and O–H groups in total. The van der Waals surface area contributed by atoms with Crippen molar-refractivity contribution in [1.82, 2.24) is 9.38 Å². The summed E-state index contributed by atoms with van der Waals surface area (Å²) in [5.74, 6) is -0.364. The number of benzene rings is 3. The Morgan fingerprint density at radius 3 is 2.42 bits per heavy atom. The van der Waals surface area contributed by atoms with E-state index in [1.165, 1.54) is 7.11 Å². The minimum absolute atomic E-state index is 0.364. The van der Waals surface area contributed by atoms with Gasteiger partial charge >= 0.3 is 5.97 Å². The minimum atomic E-state index is -0.364. The highest BCUT2D eigenvalue weighted by Crippen LogP contribution is 2.31. The van der Waals surface area contributed by atoms with Gasteiger partial charge in [0.15, 0.2) is 5.65 Å². The first-order valence-electron chi connectivity index (χ1n) is 10.5. The molecule has 0 saturated carbocycles. The Hall–Kier alpha value is -4.69. The van der Waals surface area contributed by atoms with Gasteiger partial charge in [-0.1, -0.05) is 60.7 Å². The lowest BCUT2D eigenvalue weighted by Gasteiger charge is -2.10. The molecule has 0 saturated heterocycles. The van der Waals surface area contributed by atoms with Crippen molar-refractivity contribution in [2.45, 2.75) is 0 Å². The first-order valence-corrected chi connectivity index (χ1v) is 10.5. The number of ether oxygens (including phenoxy) is 1. The van der Waals surface area contributed by atoms with Crippen molar-refractivity contribution < 1.29 is 9.53 Å². The number of hydrogen-bond acceptors (Lipinski definition) is 4. The van der Waals surface area contributed by atoms with E-state index < -0.39 is 0 Å². The van der Waals surface area contributed by atoms with Gasteiger partial charge in [-0.05, 0) is 47.5 Å². The van der Waals surface area contributed by atoms with Crippen molar-refractivity contribution >= 4 is 34.8 Å². The van der Waals surface area contributed by atoms with E-state index in [9.17, 15) is 10.1 Å². The summed E-state index contributed by atoms with van der Waals surface area (Å²) < 4.78 is 6.78. The molecule has 5 nitrogen and oxygen atoms in total. The third-order valence-electron chi connectivity index (χ3n) is 5.58. The van der Waals surface area contributed by atoms with Gasteiger partial charge in [0.05, 0.1) is 23.7 Å². The number of methoxy groups -OCH3 is 1. The first-order chi connectivity index (χ1) is 16.2. The number of aromatic nitrogens is 2. The van der Waals surface area contributed by atoms with Crippen molar-refractivity contribution in [2.24, 2.45) is 0 Å². The molecule has 0 atom stereocenters. The second-order valence-electron chi connectivity index (χ2n) is 7.54. The zero-order chi connectivity index (χ0) is 22.8. The monoisotopic (exact) mass is 429 g/mol. The Morgan fingerprint density at radius 1 is 0.970 bits per heavy atom. The van der Waals surface area contributed by atoms with Gasteiger partial charge in [-0.3, -0.25) is 4.40 Å². The number of carbonyl (C=O) groups is 1. The molecule has 5 aromatic rings. The summed E-state index contributed by atoms with van der Waals surface area (Å²) in [6, 6.07) is 29.3. The highest BCUT2D eigenvalue weighted by molar-refractivity contribution is 5.91. The third-order valence-corrected chi connectivity index (χ3v) is 5.58. The summed E-state index contributed by atoms with van der Waals surface area (Å²) >= 11 is 0. The average molecular weight is 429 g/mol. The minimum Gasteiger partial charge on any atom is -0.465 e. The molecule has 5 heteroatoms. The maximum atomic E-state index is 11.7. The van der Waals surface area contributed by atoms with E-state index in [4.69, 9.17) is 9.72 Å². The maximum absolute atomic E-state index is 11.7. The van der Waals surface area contributed by atoms with Crippen LogP contribution in [0.3, 0.4) is 0 Å². The molecule has 2 aromatic heterocycles. The Balaban J connectivity index is 1.71. The second kappa shape index (κ2) is 8.45. The van der Waals surface area contributed by atoms with Gasteiger partial charge in [0.1, 0.15) is 11.6 Å². The Bertz CT molecular complexity index is 1560. The van der Waals surface area contributed by atoms with Crippen LogP contribution in [-0.4, -0.2) is 22.5 Å². The summed E-state index contributed by atoms with van der Waals surface area (Å²) in [5, 5.41) is 10.0. The predicted octanol–water partition coefficient (Wildman–Crippen LogP) is 5.98. The predicted molar refractivity (Wildman–Crippen MR) is 130 cm³/mol. The van der Waals surface area contributed by atoms with Gasteiger partial charge in [-0.15, -0.1) is 0 Å². The molecule has 0 amide bonds. The normalized spacial score (nSPS) is 11.2. The van der Waals surface area contributed by atoms with Crippen LogP contribution in [0.25, 0.3) is 40.0 Å². The van der Waals surface area contributed by atoms with Crippen LogP contribution in [0.15, 0.2) is 84.9 Å². The Morgan fingerprint density at radius 2 is 1.70 bits per heavy atom. The smallest absolute Gasteiger partial charge is 0.337 e. The number of pyridine rings is 1. The number of fused-ring (bicyclic) bond motifs is 3. The number of esters is 1. The molecule has 0 bridgehead atoms.